The summed E-state index contributed by atoms with van der Waals surface area (Å²) in [5.41, 5.74) is 1.08. The van der Waals surface area contributed by atoms with Crippen molar-refractivity contribution in [3.8, 4) is 11.4 Å². The molecule has 112 valence electrons. The van der Waals surface area contributed by atoms with Gasteiger partial charge in [0.25, 0.3) is 0 Å². The normalized spacial score (nSPS) is 16.4. The SMILES string of the molecule is CNC1CCN(c2n[nH]c(-c3cccc(C)c3F)n2)CC1. The van der Waals surface area contributed by atoms with Gasteiger partial charge in [-0.3, -0.25) is 5.10 Å². The Kier molecular flexibility index (Phi) is 3.88. The lowest BCUT2D eigenvalue weighted by Crippen LogP contribution is -2.41. The fourth-order valence-electron chi connectivity index (χ4n) is 2.71. The summed E-state index contributed by atoms with van der Waals surface area (Å²) >= 11 is 0. The summed E-state index contributed by atoms with van der Waals surface area (Å²) in [5.74, 6) is 0.900. The van der Waals surface area contributed by atoms with Crippen molar-refractivity contribution in [2.24, 2.45) is 0 Å². The van der Waals surface area contributed by atoms with Crippen LogP contribution in [0.3, 0.4) is 0 Å². The van der Waals surface area contributed by atoms with Crippen LogP contribution in [0.25, 0.3) is 11.4 Å². The van der Waals surface area contributed by atoms with E-state index in [1.54, 1.807) is 19.1 Å². The van der Waals surface area contributed by atoms with Gasteiger partial charge in [0, 0.05) is 19.1 Å². The summed E-state index contributed by atoms with van der Waals surface area (Å²) in [7, 11) is 1.99. The predicted molar refractivity (Wildman–Crippen MR) is 80.8 cm³/mol. The molecular weight excluding hydrogens is 269 g/mol. The Bertz CT molecular complexity index is 616. The van der Waals surface area contributed by atoms with Gasteiger partial charge in [-0.25, -0.2) is 4.39 Å². The maximum Gasteiger partial charge on any atom is 0.245 e. The largest absolute Gasteiger partial charge is 0.339 e. The lowest BCUT2D eigenvalue weighted by molar-refractivity contribution is 0.439. The maximum absolute atomic E-state index is 14.1. The van der Waals surface area contributed by atoms with E-state index in [4.69, 9.17) is 0 Å². The Labute approximate surface area is 123 Å². The zero-order chi connectivity index (χ0) is 14.8. The van der Waals surface area contributed by atoms with Gasteiger partial charge in [-0.15, -0.1) is 5.10 Å². The van der Waals surface area contributed by atoms with Crippen LogP contribution < -0.4 is 10.2 Å². The minimum absolute atomic E-state index is 0.242. The van der Waals surface area contributed by atoms with E-state index in [0.717, 1.165) is 25.9 Å². The molecular formula is C15H20FN5. The third kappa shape index (κ3) is 2.76. The fourth-order valence-corrected chi connectivity index (χ4v) is 2.71. The van der Waals surface area contributed by atoms with Crippen molar-refractivity contribution in [3.63, 3.8) is 0 Å². The van der Waals surface area contributed by atoms with Gasteiger partial charge in [0.1, 0.15) is 5.82 Å². The van der Waals surface area contributed by atoms with Crippen LogP contribution in [0, 0.1) is 12.7 Å². The van der Waals surface area contributed by atoms with E-state index >= 15 is 0 Å². The second kappa shape index (κ2) is 5.81. The maximum atomic E-state index is 14.1. The Morgan fingerprint density at radius 1 is 1.33 bits per heavy atom. The van der Waals surface area contributed by atoms with Gasteiger partial charge >= 0.3 is 0 Å². The number of hydrogen-bond donors (Lipinski definition) is 2. The average molecular weight is 289 g/mol. The zero-order valence-electron chi connectivity index (χ0n) is 12.4. The van der Waals surface area contributed by atoms with E-state index in [2.05, 4.69) is 25.4 Å². The minimum atomic E-state index is -0.242. The smallest absolute Gasteiger partial charge is 0.245 e. The highest BCUT2D eigenvalue weighted by Crippen LogP contribution is 2.24. The number of nitrogens with one attached hydrogen (secondary N) is 2. The van der Waals surface area contributed by atoms with Crippen LogP contribution in [0.1, 0.15) is 18.4 Å². The molecule has 2 N–H and O–H groups in total. The molecule has 0 spiro atoms. The van der Waals surface area contributed by atoms with Crippen molar-refractivity contribution in [2.45, 2.75) is 25.8 Å². The van der Waals surface area contributed by atoms with Crippen molar-refractivity contribution in [1.82, 2.24) is 20.5 Å². The molecule has 3 rings (SSSR count). The molecule has 0 amide bonds. The molecule has 1 aliphatic rings. The Hall–Kier alpha value is -1.95. The molecule has 6 heteroatoms. The average Bonchev–Trinajstić information content (AvgIpc) is 3.00. The molecule has 1 saturated heterocycles. The first-order valence-corrected chi connectivity index (χ1v) is 7.29. The quantitative estimate of drug-likeness (QED) is 0.908. The number of anilines is 1. The van der Waals surface area contributed by atoms with Crippen molar-refractivity contribution in [1.29, 1.82) is 0 Å². The monoisotopic (exact) mass is 289 g/mol. The van der Waals surface area contributed by atoms with Crippen LogP contribution >= 0.6 is 0 Å². The number of aromatic nitrogens is 3. The summed E-state index contributed by atoms with van der Waals surface area (Å²) in [6, 6.07) is 5.86. The molecule has 1 aromatic heterocycles. The molecule has 2 heterocycles. The van der Waals surface area contributed by atoms with E-state index in [-0.39, 0.29) is 5.82 Å². The van der Waals surface area contributed by atoms with Crippen LogP contribution in [0.2, 0.25) is 0 Å². The lowest BCUT2D eigenvalue weighted by atomic mass is 10.1. The van der Waals surface area contributed by atoms with E-state index in [9.17, 15) is 4.39 Å². The topological polar surface area (TPSA) is 56.8 Å². The highest BCUT2D eigenvalue weighted by Gasteiger charge is 2.21. The molecule has 0 atom stereocenters. The lowest BCUT2D eigenvalue weighted by Gasteiger charge is -2.30. The minimum Gasteiger partial charge on any atom is -0.339 e. The molecule has 2 aromatic rings. The van der Waals surface area contributed by atoms with Crippen molar-refractivity contribution in [2.75, 3.05) is 25.0 Å². The van der Waals surface area contributed by atoms with Gasteiger partial charge in [0.15, 0.2) is 5.82 Å². The van der Waals surface area contributed by atoms with Crippen molar-refractivity contribution < 1.29 is 4.39 Å². The Morgan fingerprint density at radius 3 is 2.81 bits per heavy atom. The van der Waals surface area contributed by atoms with Gasteiger partial charge in [-0.05, 0) is 38.4 Å². The molecule has 0 aliphatic carbocycles. The Morgan fingerprint density at radius 2 is 2.10 bits per heavy atom. The number of halogens is 1. The van der Waals surface area contributed by atoms with Gasteiger partial charge in [0.2, 0.25) is 5.95 Å². The molecule has 1 aliphatic heterocycles. The molecule has 0 unspecified atom stereocenters. The third-order valence-corrected chi connectivity index (χ3v) is 4.11. The Balaban J connectivity index is 1.79. The van der Waals surface area contributed by atoms with E-state index < -0.39 is 0 Å². The first-order chi connectivity index (χ1) is 10.2. The number of nitrogens with zero attached hydrogens (tertiary/aromatic N) is 3. The van der Waals surface area contributed by atoms with Gasteiger partial charge in [-0.1, -0.05) is 12.1 Å². The van der Waals surface area contributed by atoms with Gasteiger partial charge in [-0.2, -0.15) is 4.98 Å². The second-order valence-corrected chi connectivity index (χ2v) is 5.47. The number of piperidine rings is 1. The highest BCUT2D eigenvalue weighted by atomic mass is 19.1. The number of H-pyrrole nitrogens is 1. The number of benzene rings is 1. The van der Waals surface area contributed by atoms with Gasteiger partial charge < -0.3 is 10.2 Å². The summed E-state index contributed by atoms with van der Waals surface area (Å²) in [6.45, 7) is 3.58. The predicted octanol–water partition coefficient (Wildman–Crippen LogP) is 2.11. The van der Waals surface area contributed by atoms with E-state index in [1.165, 1.54) is 0 Å². The summed E-state index contributed by atoms with van der Waals surface area (Å²) in [6.07, 6.45) is 2.14. The number of aromatic amines is 1. The third-order valence-electron chi connectivity index (χ3n) is 4.11. The second-order valence-electron chi connectivity index (χ2n) is 5.47. The van der Waals surface area contributed by atoms with Crippen molar-refractivity contribution >= 4 is 5.95 Å². The van der Waals surface area contributed by atoms with E-state index in [1.807, 2.05) is 13.1 Å². The summed E-state index contributed by atoms with van der Waals surface area (Å²) in [5, 5.41) is 10.4. The van der Waals surface area contributed by atoms with E-state index in [0.29, 0.717) is 28.9 Å². The zero-order valence-corrected chi connectivity index (χ0v) is 12.4. The van der Waals surface area contributed by atoms with Gasteiger partial charge in [0.05, 0.1) is 5.56 Å². The summed E-state index contributed by atoms with van der Waals surface area (Å²) < 4.78 is 14.1. The first-order valence-electron chi connectivity index (χ1n) is 7.29. The highest BCUT2D eigenvalue weighted by molar-refractivity contribution is 5.58. The molecule has 0 radical (unpaired) electrons. The summed E-state index contributed by atoms with van der Waals surface area (Å²) in [4.78, 5) is 6.60. The van der Waals surface area contributed by atoms with Crippen LogP contribution in [0.4, 0.5) is 10.3 Å². The fraction of sp³-hybridized carbons (Fsp3) is 0.467. The molecule has 1 fully saturated rings. The molecule has 21 heavy (non-hydrogen) atoms. The molecule has 1 aromatic carbocycles. The van der Waals surface area contributed by atoms with Crippen LogP contribution in [-0.2, 0) is 0 Å². The molecule has 0 saturated carbocycles. The van der Waals surface area contributed by atoms with Crippen molar-refractivity contribution in [3.05, 3.63) is 29.6 Å². The van der Waals surface area contributed by atoms with Crippen LogP contribution in [-0.4, -0.2) is 41.4 Å². The van der Waals surface area contributed by atoms with Crippen LogP contribution in [0.15, 0.2) is 18.2 Å². The first kappa shape index (κ1) is 14.0. The molecule has 5 nitrogen and oxygen atoms in total. The number of hydrogen-bond acceptors (Lipinski definition) is 4. The molecule has 0 bridgehead atoms. The number of rotatable bonds is 3. The number of aryl methyl sites for hydroxylation is 1. The standard InChI is InChI=1S/C15H20FN5/c1-10-4-3-5-12(13(10)16)14-18-15(20-19-14)21-8-6-11(17-2)7-9-21/h3-5,11,17H,6-9H2,1-2H3,(H,18,19,20). The van der Waals surface area contributed by atoms with Crippen LogP contribution in [0.5, 0.6) is 0 Å².